The van der Waals surface area contributed by atoms with Crippen LogP contribution in [0.25, 0.3) is 0 Å². The first kappa shape index (κ1) is 10.0. The van der Waals surface area contributed by atoms with E-state index in [2.05, 4.69) is 16.7 Å². The minimum atomic E-state index is -0.107. The third kappa shape index (κ3) is 2.12. The topological polar surface area (TPSA) is 41.1 Å². The lowest BCUT2D eigenvalue weighted by molar-refractivity contribution is -0.122. The van der Waals surface area contributed by atoms with Gasteiger partial charge in [-0.25, -0.2) is 0 Å². The van der Waals surface area contributed by atoms with Crippen molar-refractivity contribution in [2.75, 3.05) is 5.32 Å². The maximum absolute atomic E-state index is 11.8. The van der Waals surface area contributed by atoms with Crippen LogP contribution >= 0.6 is 0 Å². The molecule has 3 heteroatoms. The van der Waals surface area contributed by atoms with Gasteiger partial charge in [0.15, 0.2) is 0 Å². The fraction of sp³-hybridized carbons (Fsp3) is 0.417. The van der Waals surface area contributed by atoms with E-state index in [-0.39, 0.29) is 18.0 Å². The van der Waals surface area contributed by atoms with Gasteiger partial charge in [-0.2, -0.15) is 0 Å². The molecule has 0 aromatic heterocycles. The van der Waals surface area contributed by atoms with Crippen LogP contribution in [0.4, 0.5) is 5.69 Å². The van der Waals surface area contributed by atoms with Gasteiger partial charge < -0.3 is 10.6 Å². The van der Waals surface area contributed by atoms with Crippen LogP contribution in [0.2, 0.25) is 0 Å². The zero-order chi connectivity index (χ0) is 10.8. The third-order valence-electron chi connectivity index (χ3n) is 2.52. The summed E-state index contributed by atoms with van der Waals surface area (Å²) in [6.07, 6.45) is 0.786. The van der Waals surface area contributed by atoms with Crippen LogP contribution in [0.3, 0.4) is 0 Å². The molecule has 0 saturated carbocycles. The quantitative estimate of drug-likeness (QED) is 0.767. The number of amides is 1. The van der Waals surface area contributed by atoms with E-state index in [1.807, 2.05) is 32.0 Å². The summed E-state index contributed by atoms with van der Waals surface area (Å²) < 4.78 is 0. The van der Waals surface area contributed by atoms with Gasteiger partial charge >= 0.3 is 0 Å². The van der Waals surface area contributed by atoms with Gasteiger partial charge in [0.2, 0.25) is 5.91 Å². The van der Waals surface area contributed by atoms with Gasteiger partial charge in [-0.05, 0) is 25.5 Å². The molecule has 0 saturated heterocycles. The van der Waals surface area contributed by atoms with Crippen LogP contribution < -0.4 is 10.6 Å². The molecule has 0 radical (unpaired) electrons. The summed E-state index contributed by atoms with van der Waals surface area (Å²) in [6, 6.07) is 8.15. The number of nitrogens with one attached hydrogen (secondary N) is 2. The van der Waals surface area contributed by atoms with Gasteiger partial charge in [-0.3, -0.25) is 4.79 Å². The molecule has 0 aliphatic carbocycles. The van der Waals surface area contributed by atoms with Gasteiger partial charge in [0.1, 0.15) is 6.04 Å². The normalized spacial score (nSPS) is 18.5. The van der Waals surface area contributed by atoms with E-state index in [9.17, 15) is 4.79 Å². The SMILES string of the molecule is CC(C)NC(=O)[C@H]1Cc2ccccc2N1. The van der Waals surface area contributed by atoms with Crippen LogP contribution in [0.1, 0.15) is 19.4 Å². The molecular weight excluding hydrogens is 188 g/mol. The summed E-state index contributed by atoms with van der Waals surface area (Å²) in [4.78, 5) is 11.8. The summed E-state index contributed by atoms with van der Waals surface area (Å²) in [7, 11) is 0. The number of fused-ring (bicyclic) bond motifs is 1. The predicted molar refractivity (Wildman–Crippen MR) is 60.8 cm³/mol. The predicted octanol–water partition coefficient (Wildman–Crippen LogP) is 1.55. The van der Waals surface area contributed by atoms with Gasteiger partial charge in [-0.15, -0.1) is 0 Å². The van der Waals surface area contributed by atoms with Crippen molar-refractivity contribution in [1.82, 2.24) is 5.32 Å². The Hall–Kier alpha value is -1.51. The highest BCUT2D eigenvalue weighted by molar-refractivity contribution is 5.87. The van der Waals surface area contributed by atoms with Crippen molar-refractivity contribution >= 4 is 11.6 Å². The lowest BCUT2D eigenvalue weighted by Gasteiger charge is -2.14. The molecule has 15 heavy (non-hydrogen) atoms. The van der Waals surface area contributed by atoms with Crippen molar-refractivity contribution in [3.63, 3.8) is 0 Å². The summed E-state index contributed by atoms with van der Waals surface area (Å²) in [5.41, 5.74) is 2.31. The van der Waals surface area contributed by atoms with E-state index in [0.717, 1.165) is 12.1 Å². The molecule has 0 fully saturated rings. The van der Waals surface area contributed by atoms with Gasteiger partial charge in [-0.1, -0.05) is 18.2 Å². The number of para-hydroxylation sites is 1. The third-order valence-corrected chi connectivity index (χ3v) is 2.52. The molecule has 1 aromatic rings. The molecule has 80 valence electrons. The van der Waals surface area contributed by atoms with Crippen molar-refractivity contribution in [2.24, 2.45) is 0 Å². The highest BCUT2D eigenvalue weighted by Gasteiger charge is 2.26. The molecule has 1 aromatic carbocycles. The molecule has 0 bridgehead atoms. The molecule has 2 rings (SSSR count). The number of rotatable bonds is 2. The largest absolute Gasteiger partial charge is 0.373 e. The number of anilines is 1. The van der Waals surface area contributed by atoms with E-state index < -0.39 is 0 Å². The lowest BCUT2D eigenvalue weighted by Crippen LogP contribution is -2.41. The van der Waals surface area contributed by atoms with Crippen molar-refractivity contribution in [1.29, 1.82) is 0 Å². The Kier molecular flexibility index (Phi) is 2.62. The second-order valence-electron chi connectivity index (χ2n) is 4.22. The second kappa shape index (κ2) is 3.93. The van der Waals surface area contributed by atoms with Crippen LogP contribution in [0.15, 0.2) is 24.3 Å². The first-order valence-electron chi connectivity index (χ1n) is 5.31. The summed E-state index contributed by atoms with van der Waals surface area (Å²) in [5.74, 6) is 0.0844. The van der Waals surface area contributed by atoms with Gasteiger partial charge in [0.25, 0.3) is 0 Å². The van der Waals surface area contributed by atoms with E-state index in [1.54, 1.807) is 0 Å². The van der Waals surface area contributed by atoms with Crippen molar-refractivity contribution in [3.05, 3.63) is 29.8 Å². The molecule has 1 heterocycles. The molecule has 1 amide bonds. The van der Waals surface area contributed by atoms with Crippen molar-refractivity contribution in [2.45, 2.75) is 32.4 Å². The minimum absolute atomic E-state index is 0.0844. The van der Waals surface area contributed by atoms with Crippen LogP contribution in [-0.2, 0) is 11.2 Å². The second-order valence-corrected chi connectivity index (χ2v) is 4.22. The molecule has 2 N–H and O–H groups in total. The smallest absolute Gasteiger partial charge is 0.243 e. The van der Waals surface area contributed by atoms with Gasteiger partial charge in [0, 0.05) is 18.2 Å². The number of carbonyl (C=O) groups excluding carboxylic acids is 1. The maximum atomic E-state index is 11.8. The van der Waals surface area contributed by atoms with E-state index >= 15 is 0 Å². The number of hydrogen-bond donors (Lipinski definition) is 2. The van der Waals surface area contributed by atoms with E-state index in [4.69, 9.17) is 0 Å². The molecule has 1 atom stereocenters. The Bertz CT molecular complexity index is 349. The average Bonchev–Trinajstić information content (AvgIpc) is 2.59. The van der Waals surface area contributed by atoms with Crippen LogP contribution in [0, 0.1) is 0 Å². The monoisotopic (exact) mass is 204 g/mol. The Morgan fingerprint density at radius 3 is 2.87 bits per heavy atom. The Morgan fingerprint density at radius 1 is 1.47 bits per heavy atom. The lowest BCUT2D eigenvalue weighted by atomic mass is 10.1. The number of hydrogen-bond acceptors (Lipinski definition) is 2. The summed E-state index contributed by atoms with van der Waals surface area (Å²) in [5, 5.41) is 6.15. The standard InChI is InChI=1S/C12H16N2O/c1-8(2)13-12(15)11-7-9-5-3-4-6-10(9)14-11/h3-6,8,11,14H,7H2,1-2H3,(H,13,15)/t11-/m1/s1. The van der Waals surface area contributed by atoms with E-state index in [1.165, 1.54) is 5.56 Å². The summed E-state index contributed by atoms with van der Waals surface area (Å²) >= 11 is 0. The zero-order valence-corrected chi connectivity index (χ0v) is 9.08. The van der Waals surface area contributed by atoms with Crippen LogP contribution in [0.5, 0.6) is 0 Å². The Labute approximate surface area is 89.9 Å². The van der Waals surface area contributed by atoms with Crippen molar-refractivity contribution < 1.29 is 4.79 Å². The molecule has 1 aliphatic rings. The fourth-order valence-corrected chi connectivity index (χ4v) is 1.84. The zero-order valence-electron chi connectivity index (χ0n) is 9.08. The van der Waals surface area contributed by atoms with Crippen LogP contribution in [-0.4, -0.2) is 18.0 Å². The molecule has 0 spiro atoms. The highest BCUT2D eigenvalue weighted by Crippen LogP contribution is 2.24. The molecule has 0 unspecified atom stereocenters. The molecular formula is C12H16N2O. The molecule has 1 aliphatic heterocycles. The van der Waals surface area contributed by atoms with Gasteiger partial charge in [0.05, 0.1) is 0 Å². The Morgan fingerprint density at radius 2 is 2.20 bits per heavy atom. The van der Waals surface area contributed by atoms with E-state index in [0.29, 0.717) is 0 Å². The Balaban J connectivity index is 2.04. The highest BCUT2D eigenvalue weighted by atomic mass is 16.2. The molecule has 3 nitrogen and oxygen atoms in total. The fourth-order valence-electron chi connectivity index (χ4n) is 1.84. The average molecular weight is 204 g/mol. The van der Waals surface area contributed by atoms with Crippen molar-refractivity contribution in [3.8, 4) is 0 Å². The number of benzene rings is 1. The maximum Gasteiger partial charge on any atom is 0.243 e. The number of carbonyl (C=O) groups is 1. The first-order valence-corrected chi connectivity index (χ1v) is 5.31. The summed E-state index contributed by atoms with van der Waals surface area (Å²) in [6.45, 7) is 3.94. The minimum Gasteiger partial charge on any atom is -0.373 e. The first-order chi connectivity index (χ1) is 7.16.